The number of carbonyl (C=O) groups is 4. The van der Waals surface area contributed by atoms with Gasteiger partial charge in [0.2, 0.25) is 5.12 Å². The van der Waals surface area contributed by atoms with Crippen LogP contribution in [0.15, 0.2) is 0 Å². The number of thioether (sulfide) groups is 1. The summed E-state index contributed by atoms with van der Waals surface area (Å²) in [7, 11) is 0. The molecule has 0 amide bonds. The van der Waals surface area contributed by atoms with Crippen LogP contribution in [0, 0.1) is 0 Å². The zero-order valence-electron chi connectivity index (χ0n) is 9.07. The third-order valence-electron chi connectivity index (χ3n) is 0.902. The van der Waals surface area contributed by atoms with Gasteiger partial charge in [-0.2, -0.15) is 0 Å². The minimum atomic E-state index is -1.09. The molecule has 0 unspecified atom stereocenters. The van der Waals surface area contributed by atoms with E-state index in [0.717, 1.165) is 11.8 Å². The molecule has 0 aromatic heterocycles. The van der Waals surface area contributed by atoms with Crippen LogP contribution in [-0.2, 0) is 23.9 Å². The Kier molecular flexibility index (Phi) is 12.9. The zero-order chi connectivity index (χ0) is 14.6. The maximum Gasteiger partial charge on any atom is 0.329 e. The fourth-order valence-electron chi connectivity index (χ4n) is 0.451. The molecule has 0 rings (SSSR count). The van der Waals surface area contributed by atoms with Crippen molar-refractivity contribution in [2.75, 3.05) is 24.7 Å². The predicted octanol–water partition coefficient (Wildman–Crippen LogP) is -0.567. The number of hydrogen-bond acceptors (Lipinski definition) is 6. The quantitative estimate of drug-likeness (QED) is 0.434. The first-order valence-electron chi connectivity index (χ1n) is 4.28. The molecule has 104 valence electrons. The molecular weight excluding hydrogens is 288 g/mol. The highest BCUT2D eigenvalue weighted by atomic mass is 32.2. The molecule has 0 atom stereocenters. The van der Waals surface area contributed by atoms with Gasteiger partial charge < -0.3 is 20.1 Å². The van der Waals surface area contributed by atoms with Crippen molar-refractivity contribution in [1.29, 1.82) is 0 Å². The van der Waals surface area contributed by atoms with Crippen LogP contribution in [0.3, 0.4) is 0 Å². The zero-order valence-corrected chi connectivity index (χ0v) is 10.8. The highest BCUT2D eigenvalue weighted by molar-refractivity contribution is 8.00. The van der Waals surface area contributed by atoms with Gasteiger partial charge >= 0.3 is 17.9 Å². The first-order valence-corrected chi connectivity index (χ1v) is 5.88. The molecule has 0 aromatic rings. The molecular formula is C8H12O8S2. The fourth-order valence-corrected chi connectivity index (χ4v) is 0.994. The summed E-state index contributed by atoms with van der Waals surface area (Å²) in [5, 5.41) is 23.5. The Hall–Kier alpha value is -1.26. The highest BCUT2D eigenvalue weighted by Gasteiger charge is 1.99. The SMILES string of the molecule is O=C(O)COCC(=O)S.O=C(O)CSCC(=O)O. The molecule has 0 aromatic carbocycles. The molecule has 0 fully saturated rings. The second-order valence-electron chi connectivity index (χ2n) is 2.56. The van der Waals surface area contributed by atoms with Crippen LogP contribution in [0.5, 0.6) is 0 Å². The van der Waals surface area contributed by atoms with Crippen LogP contribution < -0.4 is 0 Å². The van der Waals surface area contributed by atoms with Crippen molar-refractivity contribution in [3.05, 3.63) is 0 Å². The Morgan fingerprint density at radius 2 is 1.33 bits per heavy atom. The van der Waals surface area contributed by atoms with E-state index in [1.807, 2.05) is 0 Å². The van der Waals surface area contributed by atoms with Gasteiger partial charge in [-0.05, 0) is 0 Å². The van der Waals surface area contributed by atoms with Crippen molar-refractivity contribution in [3.8, 4) is 0 Å². The molecule has 0 saturated heterocycles. The second kappa shape index (κ2) is 12.2. The van der Waals surface area contributed by atoms with Crippen molar-refractivity contribution in [2.45, 2.75) is 0 Å². The van der Waals surface area contributed by atoms with E-state index in [2.05, 4.69) is 17.4 Å². The summed E-state index contributed by atoms with van der Waals surface area (Å²) in [6.45, 7) is -0.707. The van der Waals surface area contributed by atoms with E-state index >= 15 is 0 Å². The Morgan fingerprint density at radius 3 is 1.61 bits per heavy atom. The average molecular weight is 300 g/mol. The number of carbonyl (C=O) groups excluding carboxylic acids is 1. The number of thiol groups is 1. The van der Waals surface area contributed by atoms with E-state index < -0.39 is 29.6 Å². The third kappa shape index (κ3) is 24.1. The minimum Gasteiger partial charge on any atom is -0.481 e. The molecule has 0 saturated carbocycles. The van der Waals surface area contributed by atoms with E-state index in [-0.39, 0.29) is 18.1 Å². The van der Waals surface area contributed by atoms with Gasteiger partial charge in [0, 0.05) is 0 Å². The number of carboxylic acids is 3. The lowest BCUT2D eigenvalue weighted by atomic mass is 10.7. The van der Waals surface area contributed by atoms with Crippen molar-refractivity contribution in [3.63, 3.8) is 0 Å². The first kappa shape index (κ1) is 19.1. The van der Waals surface area contributed by atoms with E-state index in [1.165, 1.54) is 0 Å². The Balaban J connectivity index is 0. The van der Waals surface area contributed by atoms with Crippen LogP contribution in [-0.4, -0.2) is 63.1 Å². The number of rotatable bonds is 8. The molecule has 0 aliphatic carbocycles. The molecule has 0 radical (unpaired) electrons. The summed E-state index contributed by atoms with van der Waals surface area (Å²) in [4.78, 5) is 39.2. The van der Waals surface area contributed by atoms with Gasteiger partial charge in [-0.3, -0.25) is 14.4 Å². The van der Waals surface area contributed by atoms with Crippen LogP contribution in [0.4, 0.5) is 0 Å². The molecule has 0 bridgehead atoms. The Labute approximate surface area is 112 Å². The van der Waals surface area contributed by atoms with Crippen LogP contribution >= 0.6 is 24.4 Å². The van der Waals surface area contributed by atoms with Gasteiger partial charge in [-0.15, -0.1) is 24.4 Å². The number of aliphatic carboxylic acids is 3. The normalized spacial score (nSPS) is 8.94. The predicted molar refractivity (Wildman–Crippen MR) is 65.0 cm³/mol. The average Bonchev–Trinajstić information content (AvgIpc) is 2.15. The molecule has 0 spiro atoms. The van der Waals surface area contributed by atoms with Crippen molar-refractivity contribution in [2.24, 2.45) is 0 Å². The summed E-state index contributed by atoms with van der Waals surface area (Å²) < 4.78 is 4.33. The van der Waals surface area contributed by atoms with E-state index in [4.69, 9.17) is 15.3 Å². The van der Waals surface area contributed by atoms with Gasteiger partial charge in [0.15, 0.2) is 0 Å². The third-order valence-corrected chi connectivity index (χ3v) is 1.93. The standard InChI is InChI=1S/2C4H6O4S/c5-3(6)1-9-2-4(7)8;5-3(6)1-8-2-4(7)9/h1-2H2,(H,5,6)(H,7,8);1-2H2,(H,5,6)(H,7,9). The van der Waals surface area contributed by atoms with Crippen molar-refractivity contribution >= 4 is 47.4 Å². The Bertz CT molecular complexity index is 245. The summed E-state index contributed by atoms with van der Waals surface area (Å²) in [5.74, 6) is -3.36. The van der Waals surface area contributed by atoms with Crippen LogP contribution in [0.25, 0.3) is 0 Å². The summed E-state index contributed by atoms with van der Waals surface area (Å²) in [6, 6.07) is 0. The number of ether oxygens (including phenoxy) is 1. The monoisotopic (exact) mass is 300 g/mol. The van der Waals surface area contributed by atoms with Gasteiger partial charge in [0.1, 0.15) is 13.2 Å². The van der Waals surface area contributed by atoms with E-state index in [1.54, 1.807) is 0 Å². The van der Waals surface area contributed by atoms with Crippen LogP contribution in [0.2, 0.25) is 0 Å². The van der Waals surface area contributed by atoms with Crippen molar-refractivity contribution < 1.29 is 39.2 Å². The van der Waals surface area contributed by atoms with Crippen LogP contribution in [0.1, 0.15) is 0 Å². The molecule has 0 aliphatic heterocycles. The minimum absolute atomic E-state index is 0.147. The van der Waals surface area contributed by atoms with Gasteiger partial charge in [-0.1, -0.05) is 0 Å². The molecule has 10 heteroatoms. The maximum absolute atomic E-state index is 9.97. The lowest BCUT2D eigenvalue weighted by Crippen LogP contribution is -2.10. The maximum atomic E-state index is 9.97. The summed E-state index contributed by atoms with van der Waals surface area (Å²) in [6.07, 6.45) is 0. The fraction of sp³-hybridized carbons (Fsp3) is 0.500. The lowest BCUT2D eigenvalue weighted by molar-refractivity contribution is -0.142. The highest BCUT2D eigenvalue weighted by Crippen LogP contribution is 1.96. The lowest BCUT2D eigenvalue weighted by Gasteiger charge is -1.93. The van der Waals surface area contributed by atoms with E-state index in [0.29, 0.717) is 0 Å². The summed E-state index contributed by atoms with van der Waals surface area (Å²) in [5.41, 5.74) is 0. The molecule has 8 nitrogen and oxygen atoms in total. The molecule has 18 heavy (non-hydrogen) atoms. The molecule has 3 N–H and O–H groups in total. The van der Waals surface area contributed by atoms with Gasteiger partial charge in [0.25, 0.3) is 0 Å². The first-order chi connectivity index (χ1) is 8.25. The topological polar surface area (TPSA) is 138 Å². The van der Waals surface area contributed by atoms with E-state index in [9.17, 15) is 19.2 Å². The number of hydrogen-bond donors (Lipinski definition) is 4. The molecule has 0 heterocycles. The largest absolute Gasteiger partial charge is 0.481 e. The van der Waals surface area contributed by atoms with Crippen molar-refractivity contribution in [1.82, 2.24) is 0 Å². The Morgan fingerprint density at radius 1 is 0.889 bits per heavy atom. The number of carboxylic acid groups (broad SMARTS) is 3. The van der Waals surface area contributed by atoms with Gasteiger partial charge in [0.05, 0.1) is 11.5 Å². The second-order valence-corrected chi connectivity index (χ2v) is 4.04. The smallest absolute Gasteiger partial charge is 0.329 e. The van der Waals surface area contributed by atoms with Gasteiger partial charge in [-0.25, -0.2) is 4.79 Å². The summed E-state index contributed by atoms with van der Waals surface area (Å²) >= 11 is 4.21. The molecule has 0 aliphatic rings.